The third-order valence-corrected chi connectivity index (χ3v) is 4.74. The summed E-state index contributed by atoms with van der Waals surface area (Å²) < 4.78 is 16.6. The lowest BCUT2D eigenvalue weighted by Gasteiger charge is -2.12. The molecule has 31 heavy (non-hydrogen) atoms. The van der Waals surface area contributed by atoms with Gasteiger partial charge in [-0.1, -0.05) is 41.4 Å². The quantitative estimate of drug-likeness (QED) is 0.357. The molecule has 0 radical (unpaired) electrons. The van der Waals surface area contributed by atoms with Crippen molar-refractivity contribution in [2.75, 3.05) is 13.7 Å². The van der Waals surface area contributed by atoms with Gasteiger partial charge in [0.05, 0.1) is 13.3 Å². The van der Waals surface area contributed by atoms with Crippen LogP contribution in [0, 0.1) is 0 Å². The van der Waals surface area contributed by atoms with Gasteiger partial charge in [0.2, 0.25) is 0 Å². The molecule has 0 aliphatic heterocycles. The van der Waals surface area contributed by atoms with Gasteiger partial charge < -0.3 is 14.2 Å². The molecule has 160 valence electrons. The number of nitrogens with one attached hydrogen (secondary N) is 1. The third-order valence-electron chi connectivity index (χ3n) is 4.12. The molecule has 0 spiro atoms. The van der Waals surface area contributed by atoms with Crippen molar-refractivity contribution < 1.29 is 19.0 Å². The normalized spacial score (nSPS) is 10.7. The van der Waals surface area contributed by atoms with Gasteiger partial charge in [-0.2, -0.15) is 5.10 Å². The van der Waals surface area contributed by atoms with Crippen molar-refractivity contribution in [2.24, 2.45) is 5.10 Å². The van der Waals surface area contributed by atoms with Crippen molar-refractivity contribution in [3.8, 4) is 17.2 Å². The molecule has 0 unspecified atom stereocenters. The van der Waals surface area contributed by atoms with E-state index in [2.05, 4.69) is 10.5 Å². The van der Waals surface area contributed by atoms with E-state index in [9.17, 15) is 4.79 Å². The van der Waals surface area contributed by atoms with Crippen LogP contribution < -0.4 is 19.6 Å². The van der Waals surface area contributed by atoms with Crippen molar-refractivity contribution in [3.05, 3.63) is 87.9 Å². The number of hydrazone groups is 1. The first-order valence-electron chi connectivity index (χ1n) is 9.29. The Kier molecular flexibility index (Phi) is 8.15. The summed E-state index contributed by atoms with van der Waals surface area (Å²) in [5.41, 5.74) is 4.01. The summed E-state index contributed by atoms with van der Waals surface area (Å²) in [5.74, 6) is 1.26. The molecule has 8 heteroatoms. The summed E-state index contributed by atoms with van der Waals surface area (Å²) in [4.78, 5) is 11.9. The molecule has 6 nitrogen and oxygen atoms in total. The standard InChI is InChI=1S/C23H20Cl2N2O4/c1-29-22-12-16(6-11-21(22)31-14-17-4-2-3-5-20(17)25)13-26-27-23(28)15-30-19-9-7-18(24)8-10-19/h2-13H,14-15H2,1H3,(H,27,28)/b26-13+. The van der Waals surface area contributed by atoms with E-state index in [1.54, 1.807) is 49.6 Å². The lowest BCUT2D eigenvalue weighted by molar-refractivity contribution is -0.123. The van der Waals surface area contributed by atoms with Gasteiger partial charge in [0, 0.05) is 15.6 Å². The molecule has 1 amide bonds. The van der Waals surface area contributed by atoms with Crippen LogP contribution in [0.5, 0.6) is 17.2 Å². The van der Waals surface area contributed by atoms with Crippen LogP contribution in [0.3, 0.4) is 0 Å². The number of halogens is 2. The number of hydrogen-bond acceptors (Lipinski definition) is 5. The van der Waals surface area contributed by atoms with Gasteiger partial charge in [-0.25, -0.2) is 5.43 Å². The van der Waals surface area contributed by atoms with Gasteiger partial charge in [0.25, 0.3) is 5.91 Å². The van der Waals surface area contributed by atoms with Crippen LogP contribution in [-0.2, 0) is 11.4 Å². The zero-order valence-corrected chi connectivity index (χ0v) is 18.2. The van der Waals surface area contributed by atoms with E-state index in [-0.39, 0.29) is 6.61 Å². The van der Waals surface area contributed by atoms with Crippen LogP contribution in [0.25, 0.3) is 0 Å². The van der Waals surface area contributed by atoms with Gasteiger partial charge in [-0.15, -0.1) is 0 Å². The average molecular weight is 459 g/mol. The number of carbonyl (C=O) groups is 1. The van der Waals surface area contributed by atoms with E-state index >= 15 is 0 Å². The number of methoxy groups -OCH3 is 1. The Hall–Kier alpha value is -3.22. The van der Waals surface area contributed by atoms with Crippen LogP contribution in [-0.4, -0.2) is 25.8 Å². The first-order valence-corrected chi connectivity index (χ1v) is 10.1. The second-order valence-corrected chi connectivity index (χ2v) is 7.17. The summed E-state index contributed by atoms with van der Waals surface area (Å²) in [6, 6.07) is 19.5. The molecule has 3 aromatic rings. The van der Waals surface area contributed by atoms with Gasteiger partial charge in [-0.05, 0) is 54.1 Å². The molecule has 0 atom stereocenters. The van der Waals surface area contributed by atoms with Crippen LogP contribution in [0.4, 0.5) is 0 Å². The van der Waals surface area contributed by atoms with E-state index in [1.165, 1.54) is 6.21 Å². The van der Waals surface area contributed by atoms with Gasteiger partial charge in [0.1, 0.15) is 12.4 Å². The zero-order valence-electron chi connectivity index (χ0n) is 16.7. The molecule has 3 rings (SSSR count). The van der Waals surface area contributed by atoms with Gasteiger partial charge >= 0.3 is 0 Å². The fraction of sp³-hybridized carbons (Fsp3) is 0.130. The average Bonchev–Trinajstić information content (AvgIpc) is 2.78. The Balaban J connectivity index is 1.52. The third kappa shape index (κ3) is 6.91. The summed E-state index contributed by atoms with van der Waals surface area (Å²) >= 11 is 12.0. The number of rotatable bonds is 9. The van der Waals surface area contributed by atoms with E-state index in [1.807, 2.05) is 24.3 Å². The predicted molar refractivity (Wildman–Crippen MR) is 121 cm³/mol. The fourth-order valence-corrected chi connectivity index (χ4v) is 2.86. The van der Waals surface area contributed by atoms with Crippen LogP contribution in [0.1, 0.15) is 11.1 Å². The molecule has 0 saturated heterocycles. The number of hydrogen-bond donors (Lipinski definition) is 1. The smallest absolute Gasteiger partial charge is 0.277 e. The molecule has 3 aromatic carbocycles. The first kappa shape index (κ1) is 22.5. The Labute approximate surface area is 190 Å². The highest BCUT2D eigenvalue weighted by molar-refractivity contribution is 6.31. The van der Waals surface area contributed by atoms with Crippen molar-refractivity contribution >= 4 is 35.3 Å². The fourth-order valence-electron chi connectivity index (χ4n) is 2.55. The Morgan fingerprint density at radius 1 is 1.00 bits per heavy atom. The minimum Gasteiger partial charge on any atom is -0.493 e. The van der Waals surface area contributed by atoms with Crippen molar-refractivity contribution in [2.45, 2.75) is 6.61 Å². The Morgan fingerprint density at radius 3 is 2.52 bits per heavy atom. The largest absolute Gasteiger partial charge is 0.493 e. The minimum atomic E-state index is -0.391. The second-order valence-electron chi connectivity index (χ2n) is 6.33. The lowest BCUT2D eigenvalue weighted by Crippen LogP contribution is -2.24. The molecule has 0 bridgehead atoms. The number of carbonyl (C=O) groups excluding carboxylic acids is 1. The highest BCUT2D eigenvalue weighted by Crippen LogP contribution is 2.29. The van der Waals surface area contributed by atoms with Crippen LogP contribution in [0.2, 0.25) is 10.0 Å². The summed E-state index contributed by atoms with van der Waals surface area (Å²) in [7, 11) is 1.55. The topological polar surface area (TPSA) is 69.2 Å². The minimum absolute atomic E-state index is 0.170. The molecule has 0 aliphatic carbocycles. The van der Waals surface area contributed by atoms with Crippen molar-refractivity contribution in [1.82, 2.24) is 5.43 Å². The Morgan fingerprint density at radius 2 is 1.77 bits per heavy atom. The predicted octanol–water partition coefficient (Wildman–Crippen LogP) is 5.11. The molecular formula is C23H20Cl2N2O4. The molecule has 0 saturated carbocycles. The molecule has 0 aliphatic rings. The summed E-state index contributed by atoms with van der Waals surface area (Å²) in [6.45, 7) is 0.143. The van der Waals surface area contributed by atoms with Gasteiger partial charge in [0.15, 0.2) is 18.1 Å². The zero-order chi connectivity index (χ0) is 22.1. The molecule has 0 heterocycles. The second kappa shape index (κ2) is 11.2. The molecule has 0 fully saturated rings. The monoisotopic (exact) mass is 458 g/mol. The van der Waals surface area contributed by atoms with E-state index in [0.717, 1.165) is 11.1 Å². The maximum Gasteiger partial charge on any atom is 0.277 e. The first-order chi connectivity index (χ1) is 15.0. The maximum atomic E-state index is 11.9. The summed E-state index contributed by atoms with van der Waals surface area (Å²) in [6.07, 6.45) is 1.50. The number of ether oxygens (including phenoxy) is 3. The molecular weight excluding hydrogens is 439 g/mol. The van der Waals surface area contributed by atoms with E-state index in [4.69, 9.17) is 37.4 Å². The highest BCUT2D eigenvalue weighted by Gasteiger charge is 2.07. The maximum absolute atomic E-state index is 11.9. The number of nitrogens with zero attached hydrogens (tertiary/aromatic N) is 1. The number of benzene rings is 3. The van der Waals surface area contributed by atoms with Gasteiger partial charge in [-0.3, -0.25) is 4.79 Å². The highest BCUT2D eigenvalue weighted by atomic mass is 35.5. The van der Waals surface area contributed by atoms with Crippen LogP contribution >= 0.6 is 23.2 Å². The summed E-state index contributed by atoms with van der Waals surface area (Å²) in [5, 5.41) is 5.17. The Bertz CT molecular complexity index is 1060. The lowest BCUT2D eigenvalue weighted by atomic mass is 10.2. The van der Waals surface area contributed by atoms with Crippen molar-refractivity contribution in [1.29, 1.82) is 0 Å². The SMILES string of the molecule is COc1cc(/C=N/NC(=O)COc2ccc(Cl)cc2)ccc1OCc1ccccc1Cl. The number of amides is 1. The molecule has 0 aromatic heterocycles. The van der Waals surface area contributed by atoms with E-state index < -0.39 is 5.91 Å². The van der Waals surface area contributed by atoms with Crippen LogP contribution in [0.15, 0.2) is 71.8 Å². The molecule has 1 N–H and O–H groups in total. The van der Waals surface area contributed by atoms with E-state index in [0.29, 0.717) is 33.9 Å². The van der Waals surface area contributed by atoms with Crippen molar-refractivity contribution in [3.63, 3.8) is 0 Å².